The van der Waals surface area contributed by atoms with Crippen molar-refractivity contribution in [3.63, 3.8) is 0 Å². The van der Waals surface area contributed by atoms with Crippen LogP contribution in [0.25, 0.3) is 5.57 Å². The van der Waals surface area contributed by atoms with E-state index in [0.29, 0.717) is 18.0 Å². The van der Waals surface area contributed by atoms with E-state index in [4.69, 9.17) is 5.11 Å². The Labute approximate surface area is 117 Å². The van der Waals surface area contributed by atoms with Crippen LogP contribution in [0.3, 0.4) is 0 Å². The zero-order chi connectivity index (χ0) is 14.1. The minimum atomic E-state index is -1.08. The van der Waals surface area contributed by atoms with Crippen LogP contribution in [0.1, 0.15) is 31.2 Å². The molecule has 1 amide bonds. The number of hydrogen-bond donors (Lipinski definition) is 1. The summed E-state index contributed by atoms with van der Waals surface area (Å²) in [7, 11) is 0. The smallest absolute Gasteiger partial charge is 0.329 e. The largest absolute Gasteiger partial charge is 0.478 e. The number of anilines is 1. The second-order valence-corrected chi connectivity index (χ2v) is 5.48. The van der Waals surface area contributed by atoms with Gasteiger partial charge in [-0.05, 0) is 24.8 Å². The van der Waals surface area contributed by atoms with E-state index in [1.54, 1.807) is 4.90 Å². The van der Waals surface area contributed by atoms with Crippen LogP contribution in [-0.4, -0.2) is 23.5 Å². The van der Waals surface area contributed by atoms with Gasteiger partial charge in [-0.25, -0.2) is 4.79 Å². The monoisotopic (exact) mass is 271 g/mol. The number of carbonyl (C=O) groups is 2. The van der Waals surface area contributed by atoms with E-state index in [1.165, 1.54) is 12.8 Å². The van der Waals surface area contributed by atoms with E-state index in [1.807, 2.05) is 24.3 Å². The maximum Gasteiger partial charge on any atom is 0.329 e. The SMILES string of the molecule is O=C(O)/C=C1/C(=O)N(CC2CCCC2)c2ccccc21. The molecule has 0 bridgehead atoms. The second-order valence-electron chi connectivity index (χ2n) is 5.48. The molecule has 1 saturated carbocycles. The second kappa shape index (κ2) is 5.12. The molecule has 1 fully saturated rings. The quantitative estimate of drug-likeness (QED) is 0.860. The van der Waals surface area contributed by atoms with Crippen molar-refractivity contribution in [1.29, 1.82) is 0 Å². The first-order valence-corrected chi connectivity index (χ1v) is 7.02. The van der Waals surface area contributed by atoms with Crippen LogP contribution in [0.4, 0.5) is 5.69 Å². The van der Waals surface area contributed by atoms with Crippen molar-refractivity contribution in [2.75, 3.05) is 11.4 Å². The minimum absolute atomic E-state index is 0.180. The number of carboxylic acids is 1. The number of hydrogen-bond acceptors (Lipinski definition) is 2. The fourth-order valence-electron chi connectivity index (χ4n) is 3.20. The molecule has 0 aromatic heterocycles. The Morgan fingerprint density at radius 3 is 2.70 bits per heavy atom. The Balaban J connectivity index is 1.95. The van der Waals surface area contributed by atoms with E-state index in [9.17, 15) is 9.59 Å². The third-order valence-corrected chi connectivity index (χ3v) is 4.14. The molecular formula is C16H17NO3. The summed E-state index contributed by atoms with van der Waals surface area (Å²) in [6, 6.07) is 7.43. The summed E-state index contributed by atoms with van der Waals surface area (Å²) in [6.45, 7) is 0.701. The Hall–Kier alpha value is -2.10. The van der Waals surface area contributed by atoms with E-state index in [2.05, 4.69) is 0 Å². The average molecular weight is 271 g/mol. The van der Waals surface area contributed by atoms with Crippen LogP contribution in [0.2, 0.25) is 0 Å². The lowest BCUT2D eigenvalue weighted by Crippen LogP contribution is -2.31. The Kier molecular flexibility index (Phi) is 3.30. The van der Waals surface area contributed by atoms with Crippen molar-refractivity contribution in [2.45, 2.75) is 25.7 Å². The zero-order valence-electron chi connectivity index (χ0n) is 11.2. The molecule has 3 rings (SSSR count). The number of aliphatic carboxylic acids is 1. The van der Waals surface area contributed by atoms with Crippen LogP contribution in [-0.2, 0) is 9.59 Å². The first-order valence-electron chi connectivity index (χ1n) is 7.02. The summed E-state index contributed by atoms with van der Waals surface area (Å²) in [4.78, 5) is 25.1. The predicted molar refractivity (Wildman–Crippen MR) is 76.4 cm³/mol. The van der Waals surface area contributed by atoms with Crippen LogP contribution in [0.15, 0.2) is 30.3 Å². The van der Waals surface area contributed by atoms with Gasteiger partial charge in [-0.2, -0.15) is 0 Å². The summed E-state index contributed by atoms with van der Waals surface area (Å²) in [5.74, 6) is -0.720. The van der Waals surface area contributed by atoms with Gasteiger partial charge >= 0.3 is 5.97 Å². The molecule has 0 atom stereocenters. The van der Waals surface area contributed by atoms with E-state index >= 15 is 0 Å². The lowest BCUT2D eigenvalue weighted by Gasteiger charge is -2.21. The molecule has 1 aromatic carbocycles. The first kappa shape index (κ1) is 12.9. The lowest BCUT2D eigenvalue weighted by atomic mass is 10.1. The van der Waals surface area contributed by atoms with Gasteiger partial charge in [0, 0.05) is 18.2 Å². The number of fused-ring (bicyclic) bond motifs is 1. The summed E-state index contributed by atoms with van der Waals surface area (Å²) >= 11 is 0. The fraction of sp³-hybridized carbons (Fsp3) is 0.375. The number of carbonyl (C=O) groups excluding carboxylic acids is 1. The number of carboxylic acid groups (broad SMARTS) is 1. The highest BCUT2D eigenvalue weighted by Crippen LogP contribution is 2.38. The highest BCUT2D eigenvalue weighted by Gasteiger charge is 2.34. The Bertz CT molecular complexity index is 585. The topological polar surface area (TPSA) is 57.6 Å². The van der Waals surface area contributed by atoms with Gasteiger partial charge in [-0.15, -0.1) is 0 Å². The molecule has 4 heteroatoms. The summed E-state index contributed by atoms with van der Waals surface area (Å²) in [5, 5.41) is 8.94. The number of rotatable bonds is 3. The minimum Gasteiger partial charge on any atom is -0.478 e. The average Bonchev–Trinajstić information content (AvgIpc) is 3.02. The van der Waals surface area contributed by atoms with Gasteiger partial charge in [-0.1, -0.05) is 31.0 Å². The van der Waals surface area contributed by atoms with Gasteiger partial charge in [0.1, 0.15) is 0 Å². The van der Waals surface area contributed by atoms with E-state index in [0.717, 1.165) is 30.2 Å². The highest BCUT2D eigenvalue weighted by molar-refractivity contribution is 6.34. The molecule has 1 aliphatic heterocycles. The third kappa shape index (κ3) is 2.22. The zero-order valence-corrected chi connectivity index (χ0v) is 11.2. The molecular weight excluding hydrogens is 254 g/mol. The highest BCUT2D eigenvalue weighted by atomic mass is 16.4. The molecule has 1 aromatic rings. The molecule has 2 aliphatic rings. The molecule has 1 heterocycles. The molecule has 0 radical (unpaired) electrons. The summed E-state index contributed by atoms with van der Waals surface area (Å²) in [6.07, 6.45) is 5.79. The van der Waals surface area contributed by atoms with E-state index < -0.39 is 5.97 Å². The Morgan fingerprint density at radius 2 is 2.00 bits per heavy atom. The molecule has 1 aliphatic carbocycles. The van der Waals surface area contributed by atoms with Crippen molar-refractivity contribution < 1.29 is 14.7 Å². The number of benzene rings is 1. The van der Waals surface area contributed by atoms with Gasteiger partial charge in [0.25, 0.3) is 5.91 Å². The molecule has 20 heavy (non-hydrogen) atoms. The van der Waals surface area contributed by atoms with Crippen LogP contribution < -0.4 is 4.90 Å². The van der Waals surface area contributed by atoms with E-state index in [-0.39, 0.29) is 5.91 Å². The first-order chi connectivity index (χ1) is 9.66. The van der Waals surface area contributed by atoms with Crippen molar-refractivity contribution in [3.05, 3.63) is 35.9 Å². The van der Waals surface area contributed by atoms with Crippen molar-refractivity contribution in [2.24, 2.45) is 5.92 Å². The Morgan fingerprint density at radius 1 is 1.30 bits per heavy atom. The maximum absolute atomic E-state index is 12.5. The number of nitrogens with zero attached hydrogens (tertiary/aromatic N) is 1. The molecule has 0 saturated heterocycles. The summed E-state index contributed by atoms with van der Waals surface area (Å²) in [5.41, 5.74) is 1.88. The van der Waals surface area contributed by atoms with Gasteiger partial charge in [0.05, 0.1) is 11.3 Å². The lowest BCUT2D eigenvalue weighted by molar-refractivity contribution is -0.131. The van der Waals surface area contributed by atoms with Gasteiger partial charge in [0.2, 0.25) is 0 Å². The van der Waals surface area contributed by atoms with Crippen molar-refractivity contribution in [1.82, 2.24) is 0 Å². The molecule has 0 unspecified atom stereocenters. The molecule has 0 spiro atoms. The number of para-hydroxylation sites is 1. The molecule has 1 N–H and O–H groups in total. The summed E-state index contributed by atoms with van der Waals surface area (Å²) < 4.78 is 0. The standard InChI is InChI=1S/C16H17NO3/c18-15(19)9-13-12-7-3-4-8-14(12)17(16(13)20)10-11-5-1-2-6-11/h3-4,7-9,11H,1-2,5-6,10H2,(H,18,19)/b13-9+. The van der Waals surface area contributed by atoms with Gasteiger partial charge in [0.15, 0.2) is 0 Å². The normalized spacial score (nSPS) is 20.7. The van der Waals surface area contributed by atoms with Crippen LogP contribution >= 0.6 is 0 Å². The number of amides is 1. The van der Waals surface area contributed by atoms with Crippen LogP contribution in [0, 0.1) is 5.92 Å². The molecule has 4 nitrogen and oxygen atoms in total. The molecule has 104 valence electrons. The van der Waals surface area contributed by atoms with Gasteiger partial charge in [-0.3, -0.25) is 4.79 Å². The maximum atomic E-state index is 12.5. The van der Waals surface area contributed by atoms with Crippen molar-refractivity contribution >= 4 is 23.1 Å². The van der Waals surface area contributed by atoms with Crippen LogP contribution in [0.5, 0.6) is 0 Å². The predicted octanol–water partition coefficient (Wildman–Crippen LogP) is 2.69. The van der Waals surface area contributed by atoms with Gasteiger partial charge < -0.3 is 10.0 Å². The third-order valence-electron chi connectivity index (χ3n) is 4.14. The van der Waals surface area contributed by atoms with Crippen molar-refractivity contribution in [3.8, 4) is 0 Å². The fourth-order valence-corrected chi connectivity index (χ4v) is 3.20.